The molecule has 7 nitrogen and oxygen atoms in total. The van der Waals surface area contributed by atoms with Crippen molar-refractivity contribution in [2.75, 3.05) is 13.6 Å². The van der Waals surface area contributed by atoms with Crippen LogP contribution in [0.15, 0.2) is 24.3 Å². The van der Waals surface area contributed by atoms with Gasteiger partial charge in [-0.25, -0.2) is 0 Å². The van der Waals surface area contributed by atoms with Crippen LogP contribution in [0.25, 0.3) is 11.4 Å². The molecule has 0 spiro atoms. The lowest BCUT2D eigenvalue weighted by atomic mass is 10.0. The zero-order valence-electron chi connectivity index (χ0n) is 14.2. The largest absolute Gasteiger partial charge is 0.344 e. The first-order valence-corrected chi connectivity index (χ1v) is 8.28. The summed E-state index contributed by atoms with van der Waals surface area (Å²) in [6.45, 7) is 4.80. The topological polar surface area (TPSA) is 89.9 Å². The van der Waals surface area contributed by atoms with Crippen LogP contribution >= 0.6 is 11.6 Å². The standard InChI is InChI=1S/C16H23ClN6O/c1-11(2)14(18)8-9-22(3)15(24)10-23-20-16(19-21-23)12-4-6-13(17)7-5-12/h4-7,11,14H,8-10,18H2,1-3H3. The van der Waals surface area contributed by atoms with E-state index >= 15 is 0 Å². The highest BCUT2D eigenvalue weighted by Gasteiger charge is 2.15. The number of halogens is 1. The van der Waals surface area contributed by atoms with Crippen molar-refractivity contribution >= 4 is 17.5 Å². The smallest absolute Gasteiger partial charge is 0.245 e. The van der Waals surface area contributed by atoms with E-state index in [0.29, 0.717) is 23.3 Å². The summed E-state index contributed by atoms with van der Waals surface area (Å²) in [4.78, 5) is 15.2. The minimum Gasteiger partial charge on any atom is -0.344 e. The third kappa shape index (κ3) is 5.01. The molecule has 1 aromatic heterocycles. The van der Waals surface area contributed by atoms with Gasteiger partial charge in [-0.2, -0.15) is 4.80 Å². The summed E-state index contributed by atoms with van der Waals surface area (Å²) in [7, 11) is 1.76. The van der Waals surface area contributed by atoms with Crippen molar-refractivity contribution in [1.82, 2.24) is 25.1 Å². The molecular weight excluding hydrogens is 328 g/mol. The van der Waals surface area contributed by atoms with Crippen LogP contribution in [0.3, 0.4) is 0 Å². The van der Waals surface area contributed by atoms with Crippen LogP contribution < -0.4 is 5.73 Å². The molecule has 0 saturated carbocycles. The molecule has 130 valence electrons. The number of likely N-dealkylation sites (N-methyl/N-ethyl adjacent to an activating group) is 1. The van der Waals surface area contributed by atoms with Gasteiger partial charge in [0, 0.05) is 30.2 Å². The highest BCUT2D eigenvalue weighted by Crippen LogP contribution is 2.16. The fourth-order valence-corrected chi connectivity index (χ4v) is 2.19. The van der Waals surface area contributed by atoms with Gasteiger partial charge in [0.1, 0.15) is 6.54 Å². The molecular formula is C16H23ClN6O. The Hall–Kier alpha value is -1.99. The number of aromatic nitrogens is 4. The monoisotopic (exact) mass is 350 g/mol. The molecule has 0 radical (unpaired) electrons. The van der Waals surface area contributed by atoms with Gasteiger partial charge in [-0.1, -0.05) is 25.4 Å². The third-order valence-electron chi connectivity index (χ3n) is 3.91. The van der Waals surface area contributed by atoms with Gasteiger partial charge in [0.15, 0.2) is 0 Å². The number of carbonyl (C=O) groups is 1. The van der Waals surface area contributed by atoms with Gasteiger partial charge in [-0.15, -0.1) is 10.2 Å². The number of nitrogens with two attached hydrogens (primary N) is 1. The number of rotatable bonds is 7. The molecule has 1 amide bonds. The number of nitrogens with zero attached hydrogens (tertiary/aromatic N) is 5. The fourth-order valence-electron chi connectivity index (χ4n) is 2.07. The molecule has 0 saturated heterocycles. The van der Waals surface area contributed by atoms with E-state index in [9.17, 15) is 4.79 Å². The molecule has 0 aliphatic heterocycles. The maximum atomic E-state index is 12.2. The van der Waals surface area contributed by atoms with Gasteiger partial charge in [0.2, 0.25) is 11.7 Å². The number of amides is 1. The Morgan fingerprint density at radius 2 is 2.00 bits per heavy atom. The molecule has 1 unspecified atom stereocenters. The van der Waals surface area contributed by atoms with Crippen LogP contribution in [-0.2, 0) is 11.3 Å². The maximum absolute atomic E-state index is 12.2. The summed E-state index contributed by atoms with van der Waals surface area (Å²) in [5, 5.41) is 12.8. The van der Waals surface area contributed by atoms with Crippen LogP contribution in [0.2, 0.25) is 5.02 Å². The zero-order chi connectivity index (χ0) is 17.7. The molecule has 0 aliphatic carbocycles. The lowest BCUT2D eigenvalue weighted by Crippen LogP contribution is -2.36. The minimum atomic E-state index is -0.0778. The van der Waals surface area contributed by atoms with E-state index in [1.807, 2.05) is 12.1 Å². The number of carbonyl (C=O) groups excluding carboxylic acids is 1. The summed E-state index contributed by atoms with van der Waals surface area (Å²) < 4.78 is 0. The van der Waals surface area contributed by atoms with E-state index in [-0.39, 0.29) is 18.5 Å². The minimum absolute atomic E-state index is 0.0496. The highest BCUT2D eigenvalue weighted by atomic mass is 35.5. The van der Waals surface area contributed by atoms with Crippen molar-refractivity contribution in [2.24, 2.45) is 11.7 Å². The summed E-state index contributed by atoms with van der Waals surface area (Å²) in [6.07, 6.45) is 0.765. The van der Waals surface area contributed by atoms with Crippen LogP contribution in [0.1, 0.15) is 20.3 Å². The SMILES string of the molecule is CC(C)C(N)CCN(C)C(=O)Cn1nnc(-c2ccc(Cl)cc2)n1. The first kappa shape index (κ1) is 18.4. The van der Waals surface area contributed by atoms with Gasteiger partial charge in [0.05, 0.1) is 0 Å². The zero-order valence-corrected chi connectivity index (χ0v) is 14.9. The first-order valence-electron chi connectivity index (χ1n) is 7.90. The Kier molecular flexibility index (Phi) is 6.28. The molecule has 2 N–H and O–H groups in total. The first-order chi connectivity index (χ1) is 11.4. The van der Waals surface area contributed by atoms with E-state index in [0.717, 1.165) is 12.0 Å². The second-order valence-corrected chi connectivity index (χ2v) is 6.60. The van der Waals surface area contributed by atoms with Crippen LogP contribution in [0.5, 0.6) is 0 Å². The van der Waals surface area contributed by atoms with Gasteiger partial charge in [-0.05, 0) is 41.8 Å². The van der Waals surface area contributed by atoms with Crippen molar-refractivity contribution in [1.29, 1.82) is 0 Å². The van der Waals surface area contributed by atoms with E-state index < -0.39 is 0 Å². The molecule has 0 fully saturated rings. The summed E-state index contributed by atoms with van der Waals surface area (Å²) in [6, 6.07) is 7.22. The van der Waals surface area contributed by atoms with E-state index in [1.165, 1.54) is 4.80 Å². The van der Waals surface area contributed by atoms with E-state index in [2.05, 4.69) is 29.3 Å². The van der Waals surface area contributed by atoms with Crippen molar-refractivity contribution < 1.29 is 4.79 Å². The second-order valence-electron chi connectivity index (χ2n) is 6.16. The average Bonchev–Trinajstić information content (AvgIpc) is 3.01. The summed E-state index contributed by atoms with van der Waals surface area (Å²) in [5.74, 6) is 0.780. The molecule has 2 aromatic rings. The van der Waals surface area contributed by atoms with Gasteiger partial charge in [0.25, 0.3) is 0 Å². The summed E-state index contributed by atoms with van der Waals surface area (Å²) in [5.41, 5.74) is 6.81. The van der Waals surface area contributed by atoms with Gasteiger partial charge >= 0.3 is 0 Å². The molecule has 8 heteroatoms. The van der Waals surface area contributed by atoms with Crippen molar-refractivity contribution in [3.05, 3.63) is 29.3 Å². The van der Waals surface area contributed by atoms with Crippen LogP contribution in [0, 0.1) is 5.92 Å². The molecule has 24 heavy (non-hydrogen) atoms. The van der Waals surface area contributed by atoms with Crippen LogP contribution in [-0.4, -0.2) is 50.6 Å². The van der Waals surface area contributed by atoms with Crippen molar-refractivity contribution in [2.45, 2.75) is 32.9 Å². The quantitative estimate of drug-likeness (QED) is 0.822. The highest BCUT2D eigenvalue weighted by molar-refractivity contribution is 6.30. The number of tetrazole rings is 1. The van der Waals surface area contributed by atoms with E-state index in [1.54, 1.807) is 24.1 Å². The average molecular weight is 351 g/mol. The molecule has 1 heterocycles. The Balaban J connectivity index is 1.91. The van der Waals surface area contributed by atoms with E-state index in [4.69, 9.17) is 17.3 Å². The predicted octanol–water partition coefficient (Wildman–Crippen LogP) is 1.83. The maximum Gasteiger partial charge on any atom is 0.245 e. The Bertz CT molecular complexity index is 669. The van der Waals surface area contributed by atoms with Gasteiger partial charge < -0.3 is 10.6 Å². The Morgan fingerprint density at radius 3 is 2.62 bits per heavy atom. The Morgan fingerprint density at radius 1 is 1.33 bits per heavy atom. The second kappa shape index (κ2) is 8.21. The molecule has 2 rings (SSSR count). The number of hydrogen-bond acceptors (Lipinski definition) is 5. The lowest BCUT2D eigenvalue weighted by Gasteiger charge is -2.21. The molecule has 1 atom stereocenters. The van der Waals surface area contributed by atoms with Crippen molar-refractivity contribution in [3.63, 3.8) is 0 Å². The lowest BCUT2D eigenvalue weighted by molar-refractivity contribution is -0.131. The molecule has 0 bridgehead atoms. The van der Waals surface area contributed by atoms with Crippen molar-refractivity contribution in [3.8, 4) is 11.4 Å². The fraction of sp³-hybridized carbons (Fsp3) is 0.500. The molecule has 0 aliphatic rings. The van der Waals surface area contributed by atoms with Crippen LogP contribution in [0.4, 0.5) is 0 Å². The molecule has 1 aromatic carbocycles. The normalized spacial score (nSPS) is 12.4. The number of hydrogen-bond donors (Lipinski definition) is 1. The summed E-state index contributed by atoms with van der Waals surface area (Å²) >= 11 is 5.86. The Labute approximate surface area is 146 Å². The number of benzene rings is 1. The van der Waals surface area contributed by atoms with Gasteiger partial charge in [-0.3, -0.25) is 4.79 Å². The third-order valence-corrected chi connectivity index (χ3v) is 4.16. The predicted molar refractivity (Wildman–Crippen MR) is 93.3 cm³/mol.